The van der Waals surface area contributed by atoms with Gasteiger partial charge in [-0.1, -0.05) is 0 Å². The highest BCUT2D eigenvalue weighted by atomic mass is 32.2. The number of nitrogens with zero attached hydrogens (tertiary/aromatic N) is 4. The molecule has 0 aromatic heterocycles. The number of amides is 1. The van der Waals surface area contributed by atoms with E-state index in [4.69, 9.17) is 6.42 Å². The van der Waals surface area contributed by atoms with Crippen molar-refractivity contribution in [3.63, 3.8) is 0 Å². The van der Waals surface area contributed by atoms with Gasteiger partial charge in [-0.25, -0.2) is 0 Å². The second-order valence-corrected chi connectivity index (χ2v) is 7.13. The number of hydrogen-bond acceptors (Lipinski definition) is 5. The highest BCUT2D eigenvalue weighted by Crippen LogP contribution is 2.37. The Morgan fingerprint density at radius 1 is 1.43 bits per heavy atom. The minimum Gasteiger partial charge on any atom is -0.338 e. The molecule has 3 aliphatic rings. The van der Waals surface area contributed by atoms with Crippen LogP contribution in [0, 0.1) is 12.3 Å². The molecule has 3 rings (SSSR count). The van der Waals surface area contributed by atoms with E-state index < -0.39 is 15.9 Å². The van der Waals surface area contributed by atoms with Crippen molar-refractivity contribution in [3.05, 3.63) is 11.3 Å². The van der Waals surface area contributed by atoms with Crippen molar-refractivity contribution in [3.8, 4) is 12.3 Å². The first kappa shape index (κ1) is 15.7. The third-order valence-electron chi connectivity index (χ3n) is 4.12. The summed E-state index contributed by atoms with van der Waals surface area (Å²) in [5.74, 6) is 2.57. The molecule has 9 heteroatoms. The van der Waals surface area contributed by atoms with Crippen LogP contribution in [-0.4, -0.2) is 44.2 Å². The Hall–Kier alpha value is -2.21. The van der Waals surface area contributed by atoms with Gasteiger partial charge >= 0.3 is 10.2 Å². The monoisotopic (exact) mass is 335 g/mol. The summed E-state index contributed by atoms with van der Waals surface area (Å²) >= 11 is 0. The SMILES string of the molecule is C#CCCC1(CCC(=O)N2CCC3=C(C=NS(=O)(=O)N3)C2)N=N1. The Labute approximate surface area is 134 Å². The molecule has 0 atom stereocenters. The highest BCUT2D eigenvalue weighted by molar-refractivity contribution is 7.88. The maximum atomic E-state index is 12.3. The smallest absolute Gasteiger partial charge is 0.338 e. The Kier molecular flexibility index (Phi) is 3.93. The summed E-state index contributed by atoms with van der Waals surface area (Å²) in [6, 6.07) is 0. The zero-order valence-electron chi connectivity index (χ0n) is 12.5. The van der Waals surface area contributed by atoms with Crippen LogP contribution in [0.25, 0.3) is 0 Å². The van der Waals surface area contributed by atoms with Crippen LogP contribution >= 0.6 is 0 Å². The molecule has 0 aromatic rings. The molecule has 0 aliphatic carbocycles. The molecule has 0 unspecified atom stereocenters. The molecule has 0 radical (unpaired) electrons. The molecule has 122 valence electrons. The zero-order chi connectivity index (χ0) is 16.5. The van der Waals surface area contributed by atoms with Crippen LogP contribution in [0.4, 0.5) is 0 Å². The molecule has 1 amide bonds. The zero-order valence-corrected chi connectivity index (χ0v) is 13.3. The summed E-state index contributed by atoms with van der Waals surface area (Å²) in [6.07, 6.45) is 9.23. The lowest BCUT2D eigenvalue weighted by molar-refractivity contribution is -0.131. The number of nitrogens with one attached hydrogen (secondary N) is 1. The number of rotatable bonds is 5. The van der Waals surface area contributed by atoms with E-state index in [2.05, 4.69) is 25.3 Å². The summed E-state index contributed by atoms with van der Waals surface area (Å²) in [6.45, 7) is 0.853. The third-order valence-corrected chi connectivity index (χ3v) is 5.01. The number of carbonyl (C=O) groups excluding carboxylic acids is 1. The topological polar surface area (TPSA) is 104 Å². The highest BCUT2D eigenvalue weighted by Gasteiger charge is 2.40. The molecule has 0 saturated heterocycles. The van der Waals surface area contributed by atoms with Gasteiger partial charge in [0, 0.05) is 62.7 Å². The first-order chi connectivity index (χ1) is 10.9. The Bertz CT molecular complexity index is 754. The molecule has 0 fully saturated rings. The van der Waals surface area contributed by atoms with Gasteiger partial charge in [0.2, 0.25) is 5.91 Å². The van der Waals surface area contributed by atoms with Crippen molar-refractivity contribution in [1.82, 2.24) is 9.62 Å². The van der Waals surface area contributed by atoms with Crippen molar-refractivity contribution < 1.29 is 13.2 Å². The summed E-state index contributed by atoms with van der Waals surface area (Å²) < 4.78 is 28.6. The number of terminal acetylenes is 1. The first-order valence-corrected chi connectivity index (χ1v) is 8.82. The van der Waals surface area contributed by atoms with Gasteiger partial charge in [0.1, 0.15) is 0 Å². The number of carbonyl (C=O) groups is 1. The van der Waals surface area contributed by atoms with Gasteiger partial charge in [-0.2, -0.15) is 23.0 Å². The van der Waals surface area contributed by atoms with Gasteiger partial charge in [0.25, 0.3) is 0 Å². The first-order valence-electron chi connectivity index (χ1n) is 7.38. The third kappa shape index (κ3) is 3.59. The fourth-order valence-corrected chi connectivity index (χ4v) is 3.55. The summed E-state index contributed by atoms with van der Waals surface area (Å²) in [5.41, 5.74) is 0.911. The van der Waals surface area contributed by atoms with E-state index in [-0.39, 0.29) is 5.91 Å². The second-order valence-electron chi connectivity index (χ2n) is 5.77. The van der Waals surface area contributed by atoms with Crippen molar-refractivity contribution in [1.29, 1.82) is 0 Å². The fraction of sp³-hybridized carbons (Fsp3) is 0.571. The fourth-order valence-electron chi connectivity index (χ4n) is 2.68. The molecule has 0 saturated carbocycles. The van der Waals surface area contributed by atoms with Crippen molar-refractivity contribution in [2.45, 2.75) is 37.8 Å². The van der Waals surface area contributed by atoms with E-state index in [1.54, 1.807) is 4.90 Å². The largest absolute Gasteiger partial charge is 0.341 e. The van der Waals surface area contributed by atoms with Gasteiger partial charge in [-0.05, 0) is 0 Å². The minimum absolute atomic E-state index is 0.00997. The van der Waals surface area contributed by atoms with Crippen LogP contribution in [0.2, 0.25) is 0 Å². The van der Waals surface area contributed by atoms with Gasteiger partial charge in [-0.3, -0.25) is 9.52 Å². The minimum atomic E-state index is -3.60. The van der Waals surface area contributed by atoms with Gasteiger partial charge < -0.3 is 4.90 Å². The van der Waals surface area contributed by atoms with E-state index in [0.29, 0.717) is 50.9 Å². The van der Waals surface area contributed by atoms with Gasteiger partial charge in [-0.15, -0.1) is 12.3 Å². The van der Waals surface area contributed by atoms with Crippen molar-refractivity contribution >= 4 is 22.3 Å². The average molecular weight is 335 g/mol. The van der Waals surface area contributed by atoms with E-state index in [1.165, 1.54) is 6.21 Å². The lowest BCUT2D eigenvalue weighted by atomic mass is 10.0. The normalized spacial score (nSPS) is 23.0. The molecule has 23 heavy (non-hydrogen) atoms. The molecule has 8 nitrogen and oxygen atoms in total. The number of hydrogen-bond donors (Lipinski definition) is 1. The summed E-state index contributed by atoms with van der Waals surface area (Å²) in [5, 5.41) is 8.04. The molecule has 0 bridgehead atoms. The lowest BCUT2D eigenvalue weighted by Gasteiger charge is -2.31. The second kappa shape index (κ2) is 5.77. The molecule has 3 aliphatic heterocycles. The predicted octanol–water partition coefficient (Wildman–Crippen LogP) is 0.747. The molecular formula is C14H17N5O3S. The molecule has 0 aromatic carbocycles. The maximum absolute atomic E-state index is 12.3. The quantitative estimate of drug-likeness (QED) is 0.750. The molecule has 3 heterocycles. The predicted molar refractivity (Wildman–Crippen MR) is 83.7 cm³/mol. The van der Waals surface area contributed by atoms with Gasteiger partial charge in [0.15, 0.2) is 5.66 Å². The van der Waals surface area contributed by atoms with Crippen molar-refractivity contribution in [2.75, 3.05) is 13.1 Å². The van der Waals surface area contributed by atoms with Crippen LogP contribution in [0.1, 0.15) is 32.1 Å². The van der Waals surface area contributed by atoms with Crippen LogP contribution < -0.4 is 4.72 Å². The lowest BCUT2D eigenvalue weighted by Crippen LogP contribution is -2.42. The Morgan fingerprint density at radius 3 is 2.91 bits per heavy atom. The summed E-state index contributed by atoms with van der Waals surface area (Å²) in [4.78, 5) is 14.1. The van der Waals surface area contributed by atoms with E-state index >= 15 is 0 Å². The Balaban J connectivity index is 1.54. The van der Waals surface area contributed by atoms with Crippen molar-refractivity contribution in [2.24, 2.45) is 14.6 Å². The molecular weight excluding hydrogens is 318 g/mol. The molecule has 1 N–H and O–H groups in total. The maximum Gasteiger partial charge on any atom is 0.341 e. The van der Waals surface area contributed by atoms with Gasteiger partial charge in [0.05, 0.1) is 0 Å². The van der Waals surface area contributed by atoms with Crippen LogP contribution in [0.15, 0.2) is 25.9 Å². The van der Waals surface area contributed by atoms with E-state index in [1.807, 2.05) is 0 Å². The van der Waals surface area contributed by atoms with Crippen LogP contribution in [0.5, 0.6) is 0 Å². The van der Waals surface area contributed by atoms with Crippen LogP contribution in [-0.2, 0) is 15.0 Å². The van der Waals surface area contributed by atoms with E-state index in [0.717, 1.165) is 5.57 Å². The van der Waals surface area contributed by atoms with Crippen LogP contribution in [0.3, 0.4) is 0 Å². The summed E-state index contributed by atoms with van der Waals surface area (Å²) in [7, 11) is -3.60. The standard InChI is InChI=1S/C14H17N5O3S/c1-2-3-6-14(17-18-14)7-4-13(20)19-8-5-12-11(10-19)9-15-23(21,22)16-12/h1,9,16H,3-8,10H2. The average Bonchev–Trinajstić information content (AvgIpc) is 3.30. The molecule has 0 spiro atoms. The van der Waals surface area contributed by atoms with E-state index in [9.17, 15) is 13.2 Å². The Morgan fingerprint density at radius 2 is 2.22 bits per heavy atom.